The second kappa shape index (κ2) is 43.7. The lowest BCUT2D eigenvalue weighted by Gasteiger charge is -2.29. The van der Waals surface area contributed by atoms with Gasteiger partial charge in [-0.2, -0.15) is 0 Å². The van der Waals surface area contributed by atoms with Crippen molar-refractivity contribution in [2.75, 3.05) is 40.9 Å². The standard InChI is InChI=1S/C52H99N2O6P/c1-6-8-10-12-14-16-18-20-22-24-26-27-28-29-31-33-35-37-39-41-43-45-51(55)50(49-60-61(57,58)59-48-47-54(3,4)5)53-52(56)46-44-42-40-38-36-34-32-30-25-23-21-19-17-15-13-11-9-7-2/h23,25,28-29,35,37,43,45,50-51,55H,6-22,24,26-27,30-34,36,38-42,44,46-49H2,1-5H3,(H-,53,56,57,58)/b25-23-,29-28+,37-35+,45-43+. The Morgan fingerprint density at radius 2 is 0.918 bits per heavy atom. The first-order valence-electron chi connectivity index (χ1n) is 25.5. The van der Waals surface area contributed by atoms with Crippen LogP contribution in [0.1, 0.15) is 226 Å². The zero-order chi connectivity index (χ0) is 45.0. The Morgan fingerprint density at radius 1 is 0.557 bits per heavy atom. The molecule has 0 radical (unpaired) electrons. The Bertz CT molecular complexity index is 1130. The van der Waals surface area contributed by atoms with Gasteiger partial charge in [-0.3, -0.25) is 9.36 Å². The molecule has 0 rings (SSSR count). The zero-order valence-corrected chi connectivity index (χ0v) is 41.5. The Kier molecular flexibility index (Phi) is 42.6. The lowest BCUT2D eigenvalue weighted by atomic mass is 10.1. The van der Waals surface area contributed by atoms with Crippen molar-refractivity contribution in [3.63, 3.8) is 0 Å². The lowest BCUT2D eigenvalue weighted by molar-refractivity contribution is -0.870. The van der Waals surface area contributed by atoms with Gasteiger partial charge in [0, 0.05) is 6.42 Å². The largest absolute Gasteiger partial charge is 0.756 e. The minimum atomic E-state index is -4.61. The monoisotopic (exact) mass is 879 g/mol. The molecule has 0 aliphatic rings. The molecule has 2 N–H and O–H groups in total. The molecule has 0 fully saturated rings. The van der Waals surface area contributed by atoms with Crippen LogP contribution in [0.15, 0.2) is 48.6 Å². The molecule has 0 aliphatic heterocycles. The number of carbonyl (C=O) groups is 1. The first kappa shape index (κ1) is 59.5. The van der Waals surface area contributed by atoms with Crippen molar-refractivity contribution in [1.29, 1.82) is 0 Å². The number of nitrogens with zero attached hydrogens (tertiary/aromatic N) is 1. The number of hydrogen-bond acceptors (Lipinski definition) is 6. The molecular weight excluding hydrogens is 780 g/mol. The summed E-state index contributed by atoms with van der Waals surface area (Å²) >= 11 is 0. The van der Waals surface area contributed by atoms with E-state index in [0.717, 1.165) is 44.9 Å². The third-order valence-corrected chi connectivity index (χ3v) is 12.2. The van der Waals surface area contributed by atoms with Crippen molar-refractivity contribution in [2.45, 2.75) is 238 Å². The molecule has 358 valence electrons. The van der Waals surface area contributed by atoms with E-state index in [1.807, 2.05) is 27.2 Å². The first-order chi connectivity index (χ1) is 29.5. The van der Waals surface area contributed by atoms with Crippen LogP contribution in [0, 0.1) is 0 Å². The molecule has 0 bridgehead atoms. The number of nitrogens with one attached hydrogen (secondary N) is 1. The van der Waals surface area contributed by atoms with Gasteiger partial charge in [-0.05, 0) is 70.6 Å². The van der Waals surface area contributed by atoms with Crippen molar-refractivity contribution < 1.29 is 32.9 Å². The van der Waals surface area contributed by atoms with Crippen molar-refractivity contribution >= 4 is 13.7 Å². The number of rotatable bonds is 46. The van der Waals surface area contributed by atoms with E-state index in [2.05, 4.69) is 55.6 Å². The van der Waals surface area contributed by atoms with Crippen molar-refractivity contribution in [2.24, 2.45) is 0 Å². The highest BCUT2D eigenvalue weighted by Crippen LogP contribution is 2.38. The maximum Gasteiger partial charge on any atom is 0.268 e. The van der Waals surface area contributed by atoms with Crippen LogP contribution in [-0.2, 0) is 18.4 Å². The summed E-state index contributed by atoms with van der Waals surface area (Å²) in [6.45, 7) is 4.62. The predicted octanol–water partition coefficient (Wildman–Crippen LogP) is 14.2. The van der Waals surface area contributed by atoms with Gasteiger partial charge in [0.05, 0.1) is 39.9 Å². The Labute approximate surface area is 378 Å². The molecule has 61 heavy (non-hydrogen) atoms. The van der Waals surface area contributed by atoms with Gasteiger partial charge in [0.2, 0.25) is 5.91 Å². The topological polar surface area (TPSA) is 108 Å². The van der Waals surface area contributed by atoms with Gasteiger partial charge in [0.15, 0.2) is 0 Å². The van der Waals surface area contributed by atoms with E-state index in [4.69, 9.17) is 9.05 Å². The van der Waals surface area contributed by atoms with Crippen LogP contribution >= 0.6 is 7.82 Å². The molecule has 0 aromatic heterocycles. The number of amides is 1. The third kappa shape index (κ3) is 46.3. The number of phosphoric ester groups is 1. The smallest absolute Gasteiger partial charge is 0.268 e. The van der Waals surface area contributed by atoms with E-state index in [1.54, 1.807) is 6.08 Å². The van der Waals surface area contributed by atoms with Crippen LogP contribution in [-0.4, -0.2) is 68.5 Å². The average Bonchev–Trinajstić information content (AvgIpc) is 3.21. The molecule has 8 nitrogen and oxygen atoms in total. The molecule has 9 heteroatoms. The normalized spacial score (nSPS) is 14.5. The third-order valence-electron chi connectivity index (χ3n) is 11.2. The summed E-state index contributed by atoms with van der Waals surface area (Å²) in [4.78, 5) is 25.4. The Hall–Kier alpha value is -1.54. The molecule has 0 aliphatic carbocycles. The van der Waals surface area contributed by atoms with Gasteiger partial charge in [-0.25, -0.2) is 0 Å². The van der Waals surface area contributed by atoms with E-state index in [0.29, 0.717) is 17.4 Å². The van der Waals surface area contributed by atoms with E-state index in [1.165, 1.54) is 161 Å². The number of allylic oxidation sites excluding steroid dienone is 7. The second-order valence-corrected chi connectivity index (χ2v) is 19.9. The first-order valence-corrected chi connectivity index (χ1v) is 27.0. The summed E-state index contributed by atoms with van der Waals surface area (Å²) in [6, 6.07) is -0.912. The summed E-state index contributed by atoms with van der Waals surface area (Å²) in [5, 5.41) is 13.8. The van der Waals surface area contributed by atoms with Crippen molar-refractivity contribution in [3.05, 3.63) is 48.6 Å². The van der Waals surface area contributed by atoms with Crippen LogP contribution < -0.4 is 10.2 Å². The van der Waals surface area contributed by atoms with Crippen LogP contribution in [0.4, 0.5) is 0 Å². The van der Waals surface area contributed by atoms with Gasteiger partial charge in [-0.15, -0.1) is 0 Å². The number of quaternary nitrogens is 1. The van der Waals surface area contributed by atoms with E-state index in [9.17, 15) is 19.4 Å². The minimum Gasteiger partial charge on any atom is -0.756 e. The molecule has 0 saturated heterocycles. The molecule has 3 atom stereocenters. The van der Waals surface area contributed by atoms with Crippen LogP contribution in [0.3, 0.4) is 0 Å². The summed E-state index contributed by atoms with van der Waals surface area (Å²) in [7, 11) is 1.23. The maximum absolute atomic E-state index is 12.9. The number of aliphatic hydroxyl groups is 1. The van der Waals surface area contributed by atoms with Gasteiger partial charge >= 0.3 is 0 Å². The molecule has 0 saturated carbocycles. The summed E-state index contributed by atoms with van der Waals surface area (Å²) in [6.07, 6.45) is 56.0. The fourth-order valence-corrected chi connectivity index (χ4v) is 7.90. The van der Waals surface area contributed by atoms with Gasteiger partial charge in [0.25, 0.3) is 7.82 Å². The second-order valence-electron chi connectivity index (χ2n) is 18.5. The minimum absolute atomic E-state index is 0.0105. The van der Waals surface area contributed by atoms with Crippen LogP contribution in [0.25, 0.3) is 0 Å². The molecule has 1 amide bonds. The van der Waals surface area contributed by atoms with Crippen LogP contribution in [0.2, 0.25) is 0 Å². The molecule has 0 spiro atoms. The number of likely N-dealkylation sites (N-methyl/N-ethyl adjacent to an activating group) is 1. The molecule has 0 aromatic carbocycles. The van der Waals surface area contributed by atoms with Gasteiger partial charge in [-0.1, -0.05) is 197 Å². The fourth-order valence-electron chi connectivity index (χ4n) is 7.18. The summed E-state index contributed by atoms with van der Waals surface area (Å²) in [5.74, 6) is -0.216. The van der Waals surface area contributed by atoms with Crippen LogP contribution in [0.5, 0.6) is 0 Å². The summed E-state index contributed by atoms with van der Waals surface area (Å²) in [5.41, 5.74) is 0. The fraction of sp³-hybridized carbons (Fsp3) is 0.827. The quantitative estimate of drug-likeness (QED) is 0.0273. The number of carbonyl (C=O) groups excluding carboxylic acids is 1. The van der Waals surface area contributed by atoms with E-state index < -0.39 is 26.6 Å². The molecular formula is C52H99N2O6P. The number of unbranched alkanes of at least 4 members (excludes halogenated alkanes) is 27. The Balaban J connectivity index is 4.41. The Morgan fingerprint density at radius 3 is 1.33 bits per heavy atom. The number of aliphatic hydroxyl groups excluding tert-OH is 1. The number of hydrogen-bond donors (Lipinski definition) is 2. The lowest BCUT2D eigenvalue weighted by Crippen LogP contribution is -2.45. The average molecular weight is 879 g/mol. The molecule has 0 heterocycles. The van der Waals surface area contributed by atoms with Crippen molar-refractivity contribution in [1.82, 2.24) is 5.32 Å². The zero-order valence-electron chi connectivity index (χ0n) is 40.6. The van der Waals surface area contributed by atoms with E-state index in [-0.39, 0.29) is 12.5 Å². The van der Waals surface area contributed by atoms with Gasteiger partial charge in [0.1, 0.15) is 13.2 Å². The highest BCUT2D eigenvalue weighted by atomic mass is 31.2. The van der Waals surface area contributed by atoms with Gasteiger partial charge < -0.3 is 28.8 Å². The number of phosphoric acid groups is 1. The highest BCUT2D eigenvalue weighted by molar-refractivity contribution is 7.45. The predicted molar refractivity (Wildman–Crippen MR) is 261 cm³/mol. The van der Waals surface area contributed by atoms with E-state index >= 15 is 0 Å². The van der Waals surface area contributed by atoms with Crippen molar-refractivity contribution in [3.8, 4) is 0 Å². The molecule has 0 aromatic rings. The SMILES string of the molecule is CCCCCCCCC/C=C\CCCCCCCCCC(=O)NC(COP(=O)([O-])OCC[N+](C)(C)C)C(O)/C=C/CC/C=C/CC/C=C/CCCCCCCCCCCCC. The summed E-state index contributed by atoms with van der Waals surface area (Å²) < 4.78 is 23.2. The maximum atomic E-state index is 12.9. The highest BCUT2D eigenvalue weighted by Gasteiger charge is 2.23. The molecule has 3 unspecified atom stereocenters.